The van der Waals surface area contributed by atoms with Gasteiger partial charge in [-0.05, 0) is 30.7 Å². The zero-order chi connectivity index (χ0) is 10.4. The smallest absolute Gasteiger partial charge is 0.123 e. The highest BCUT2D eigenvalue weighted by atomic mass is 19.1. The summed E-state index contributed by atoms with van der Waals surface area (Å²) in [5.74, 6) is -0.208. The fourth-order valence-electron chi connectivity index (χ4n) is 1.35. The summed E-state index contributed by atoms with van der Waals surface area (Å²) in [7, 11) is 0. The van der Waals surface area contributed by atoms with Crippen LogP contribution in [0.25, 0.3) is 0 Å². The number of hydrogen-bond donors (Lipinski definition) is 2. The molecule has 78 valence electrons. The normalized spacial score (nSPS) is 12.8. The highest BCUT2D eigenvalue weighted by molar-refractivity contribution is 5.20. The molecule has 3 N–H and O–H groups in total. The van der Waals surface area contributed by atoms with Crippen LogP contribution in [0.4, 0.5) is 4.39 Å². The van der Waals surface area contributed by atoms with E-state index in [2.05, 4.69) is 12.2 Å². The lowest BCUT2D eigenvalue weighted by Crippen LogP contribution is -2.28. The van der Waals surface area contributed by atoms with E-state index in [4.69, 9.17) is 5.73 Å². The summed E-state index contributed by atoms with van der Waals surface area (Å²) in [4.78, 5) is 0. The third kappa shape index (κ3) is 3.09. The maximum absolute atomic E-state index is 12.7. The molecule has 0 bridgehead atoms. The van der Waals surface area contributed by atoms with Crippen molar-refractivity contribution in [1.29, 1.82) is 0 Å². The van der Waals surface area contributed by atoms with Gasteiger partial charge >= 0.3 is 0 Å². The Bertz CT molecular complexity index is 258. The first kappa shape index (κ1) is 11.1. The summed E-state index contributed by atoms with van der Waals surface area (Å²) in [5.41, 5.74) is 6.67. The van der Waals surface area contributed by atoms with Gasteiger partial charge < -0.3 is 11.1 Å². The molecule has 14 heavy (non-hydrogen) atoms. The lowest BCUT2D eigenvalue weighted by molar-refractivity contribution is 0.538. The van der Waals surface area contributed by atoms with Gasteiger partial charge in [-0.1, -0.05) is 19.1 Å². The van der Waals surface area contributed by atoms with Crippen molar-refractivity contribution < 1.29 is 4.39 Å². The molecule has 3 heteroatoms. The molecule has 1 atom stereocenters. The van der Waals surface area contributed by atoms with Crippen LogP contribution in [0.1, 0.15) is 24.9 Å². The Labute approximate surface area is 84.3 Å². The molecule has 0 aliphatic rings. The number of nitrogens with one attached hydrogen (secondary N) is 1. The van der Waals surface area contributed by atoms with Gasteiger partial charge in [0.15, 0.2) is 0 Å². The van der Waals surface area contributed by atoms with E-state index in [1.807, 2.05) is 0 Å². The van der Waals surface area contributed by atoms with Gasteiger partial charge in [0, 0.05) is 12.6 Å². The SMILES string of the molecule is CCCNC(CN)c1ccc(F)cc1. The Balaban J connectivity index is 2.64. The van der Waals surface area contributed by atoms with Crippen LogP contribution in [0.2, 0.25) is 0 Å². The summed E-state index contributed by atoms with van der Waals surface area (Å²) in [6.45, 7) is 3.57. The van der Waals surface area contributed by atoms with Crippen LogP contribution < -0.4 is 11.1 Å². The Kier molecular flexibility index (Phi) is 4.56. The van der Waals surface area contributed by atoms with Gasteiger partial charge in [0.2, 0.25) is 0 Å². The van der Waals surface area contributed by atoms with E-state index in [9.17, 15) is 4.39 Å². The molecule has 0 heterocycles. The third-order valence-electron chi connectivity index (χ3n) is 2.15. The van der Waals surface area contributed by atoms with Crippen molar-refractivity contribution >= 4 is 0 Å². The van der Waals surface area contributed by atoms with Crippen LogP contribution >= 0.6 is 0 Å². The molecule has 0 amide bonds. The molecule has 0 radical (unpaired) electrons. The minimum absolute atomic E-state index is 0.135. The van der Waals surface area contributed by atoms with Gasteiger partial charge in [-0.25, -0.2) is 4.39 Å². The lowest BCUT2D eigenvalue weighted by Gasteiger charge is -2.16. The van der Waals surface area contributed by atoms with Gasteiger partial charge in [0.1, 0.15) is 5.82 Å². The second-order valence-corrected chi connectivity index (χ2v) is 3.29. The number of rotatable bonds is 5. The highest BCUT2D eigenvalue weighted by Crippen LogP contribution is 2.12. The summed E-state index contributed by atoms with van der Waals surface area (Å²) < 4.78 is 12.7. The molecular formula is C11H17FN2. The molecule has 0 saturated carbocycles. The van der Waals surface area contributed by atoms with E-state index in [0.717, 1.165) is 18.5 Å². The summed E-state index contributed by atoms with van der Waals surface area (Å²) >= 11 is 0. The average molecular weight is 196 g/mol. The lowest BCUT2D eigenvalue weighted by atomic mass is 10.1. The van der Waals surface area contributed by atoms with Gasteiger partial charge in [-0.2, -0.15) is 0 Å². The number of hydrogen-bond acceptors (Lipinski definition) is 2. The topological polar surface area (TPSA) is 38.0 Å². The van der Waals surface area contributed by atoms with Crippen LogP contribution in [0.3, 0.4) is 0 Å². The van der Waals surface area contributed by atoms with Crippen LogP contribution in [-0.2, 0) is 0 Å². The van der Waals surface area contributed by atoms with E-state index in [0.29, 0.717) is 6.54 Å². The first-order chi connectivity index (χ1) is 6.77. The molecular weight excluding hydrogens is 179 g/mol. The molecule has 1 rings (SSSR count). The van der Waals surface area contributed by atoms with E-state index in [-0.39, 0.29) is 11.9 Å². The second-order valence-electron chi connectivity index (χ2n) is 3.29. The number of benzene rings is 1. The van der Waals surface area contributed by atoms with Crippen LogP contribution in [-0.4, -0.2) is 13.1 Å². The van der Waals surface area contributed by atoms with E-state index in [1.165, 1.54) is 12.1 Å². The maximum atomic E-state index is 12.7. The van der Waals surface area contributed by atoms with Gasteiger partial charge in [0.05, 0.1) is 0 Å². The predicted octanol–water partition coefficient (Wildman–Crippen LogP) is 1.83. The quantitative estimate of drug-likeness (QED) is 0.754. The maximum Gasteiger partial charge on any atom is 0.123 e. The van der Waals surface area contributed by atoms with Crippen LogP contribution in [0.15, 0.2) is 24.3 Å². The van der Waals surface area contributed by atoms with Crippen molar-refractivity contribution in [3.05, 3.63) is 35.6 Å². The van der Waals surface area contributed by atoms with Crippen molar-refractivity contribution in [3.8, 4) is 0 Å². The molecule has 0 aromatic heterocycles. The first-order valence-corrected chi connectivity index (χ1v) is 4.96. The van der Waals surface area contributed by atoms with Crippen LogP contribution in [0, 0.1) is 5.82 Å². The molecule has 2 nitrogen and oxygen atoms in total. The molecule has 0 fully saturated rings. The van der Waals surface area contributed by atoms with Gasteiger partial charge in [0.25, 0.3) is 0 Å². The second kappa shape index (κ2) is 5.73. The molecule has 0 spiro atoms. The summed E-state index contributed by atoms with van der Waals surface area (Å²) in [6, 6.07) is 6.61. The highest BCUT2D eigenvalue weighted by Gasteiger charge is 2.07. The van der Waals surface area contributed by atoms with E-state index in [1.54, 1.807) is 12.1 Å². The summed E-state index contributed by atoms with van der Waals surface area (Å²) in [5, 5.41) is 3.31. The number of nitrogens with two attached hydrogens (primary N) is 1. The van der Waals surface area contributed by atoms with Crippen molar-refractivity contribution in [2.75, 3.05) is 13.1 Å². The van der Waals surface area contributed by atoms with Crippen LogP contribution in [0.5, 0.6) is 0 Å². The van der Waals surface area contributed by atoms with E-state index >= 15 is 0 Å². The average Bonchev–Trinajstić information content (AvgIpc) is 2.21. The Hall–Kier alpha value is -0.930. The Morgan fingerprint density at radius 2 is 2.00 bits per heavy atom. The molecule has 0 aliphatic heterocycles. The van der Waals surface area contributed by atoms with Crippen molar-refractivity contribution in [1.82, 2.24) is 5.32 Å². The third-order valence-corrected chi connectivity index (χ3v) is 2.15. The van der Waals surface area contributed by atoms with Crippen molar-refractivity contribution in [2.24, 2.45) is 5.73 Å². The summed E-state index contributed by atoms with van der Waals surface area (Å²) in [6.07, 6.45) is 1.07. The predicted molar refractivity (Wildman–Crippen MR) is 56.5 cm³/mol. The molecule has 1 unspecified atom stereocenters. The zero-order valence-corrected chi connectivity index (χ0v) is 8.46. The fourth-order valence-corrected chi connectivity index (χ4v) is 1.35. The van der Waals surface area contributed by atoms with Crippen molar-refractivity contribution in [3.63, 3.8) is 0 Å². The number of halogens is 1. The largest absolute Gasteiger partial charge is 0.329 e. The first-order valence-electron chi connectivity index (χ1n) is 4.96. The van der Waals surface area contributed by atoms with Crippen molar-refractivity contribution in [2.45, 2.75) is 19.4 Å². The minimum atomic E-state index is -0.208. The molecule has 0 aliphatic carbocycles. The zero-order valence-electron chi connectivity index (χ0n) is 8.46. The standard InChI is InChI=1S/C11H17FN2/c1-2-7-14-11(8-13)9-3-5-10(12)6-4-9/h3-6,11,14H,2,7-8,13H2,1H3. The molecule has 1 aromatic rings. The fraction of sp³-hybridized carbons (Fsp3) is 0.455. The van der Waals surface area contributed by atoms with E-state index < -0.39 is 0 Å². The van der Waals surface area contributed by atoms with Gasteiger partial charge in [-0.3, -0.25) is 0 Å². The molecule has 0 saturated heterocycles. The Morgan fingerprint density at radius 3 is 2.50 bits per heavy atom. The molecule has 1 aromatic carbocycles. The Morgan fingerprint density at radius 1 is 1.36 bits per heavy atom. The minimum Gasteiger partial charge on any atom is -0.329 e. The monoisotopic (exact) mass is 196 g/mol. The van der Waals surface area contributed by atoms with Gasteiger partial charge in [-0.15, -0.1) is 0 Å².